The Hall–Kier alpha value is -1.92. The maximum absolute atomic E-state index is 12.0. The second-order valence-electron chi connectivity index (χ2n) is 5.58. The van der Waals surface area contributed by atoms with Crippen molar-refractivity contribution < 1.29 is 9.53 Å². The molecule has 1 saturated carbocycles. The average molecular weight is 364 g/mol. The standard InChI is InChI=1S/C17H18ClN3O2S/c1-3-8-21(10-12-5-4-9-24-12)16-13(18)14(17(22)23-2)19-15(20-16)11-6-7-11/h3-5,9,11H,1,6-8,10H2,2H3. The molecule has 0 radical (unpaired) electrons. The quantitative estimate of drug-likeness (QED) is 0.548. The number of nitrogens with zero attached hydrogens (tertiary/aromatic N) is 3. The van der Waals surface area contributed by atoms with Crippen molar-refractivity contribution in [1.29, 1.82) is 0 Å². The minimum Gasteiger partial charge on any atom is -0.464 e. The first-order valence-electron chi connectivity index (χ1n) is 7.68. The van der Waals surface area contributed by atoms with Gasteiger partial charge in [0.25, 0.3) is 0 Å². The van der Waals surface area contributed by atoms with Crippen LogP contribution in [0.1, 0.15) is 39.9 Å². The van der Waals surface area contributed by atoms with Gasteiger partial charge in [-0.25, -0.2) is 14.8 Å². The largest absolute Gasteiger partial charge is 0.464 e. The summed E-state index contributed by atoms with van der Waals surface area (Å²) in [4.78, 5) is 24.2. The fraction of sp³-hybridized carbons (Fsp3) is 0.353. The monoisotopic (exact) mass is 363 g/mol. The van der Waals surface area contributed by atoms with Crippen LogP contribution in [-0.2, 0) is 11.3 Å². The van der Waals surface area contributed by atoms with Crippen molar-refractivity contribution in [3.05, 3.63) is 51.6 Å². The third kappa shape index (κ3) is 3.60. The normalized spacial score (nSPS) is 13.6. The van der Waals surface area contributed by atoms with Crippen LogP contribution >= 0.6 is 22.9 Å². The highest BCUT2D eigenvalue weighted by Crippen LogP contribution is 2.40. The van der Waals surface area contributed by atoms with Gasteiger partial charge in [0.15, 0.2) is 11.5 Å². The summed E-state index contributed by atoms with van der Waals surface area (Å²) >= 11 is 8.11. The van der Waals surface area contributed by atoms with Crippen LogP contribution in [0.3, 0.4) is 0 Å². The molecule has 0 spiro atoms. The molecule has 0 atom stereocenters. The lowest BCUT2D eigenvalue weighted by Gasteiger charge is -2.23. The molecule has 1 aliphatic rings. The SMILES string of the molecule is C=CCN(Cc1cccs1)c1nc(C2CC2)nc(C(=O)OC)c1Cl. The third-order valence-electron chi connectivity index (χ3n) is 3.75. The molecular weight excluding hydrogens is 346 g/mol. The summed E-state index contributed by atoms with van der Waals surface area (Å²) in [6, 6.07) is 4.06. The summed E-state index contributed by atoms with van der Waals surface area (Å²) in [5.74, 6) is 0.981. The molecule has 126 valence electrons. The zero-order valence-electron chi connectivity index (χ0n) is 13.4. The fourth-order valence-corrected chi connectivity index (χ4v) is 3.39. The second-order valence-corrected chi connectivity index (χ2v) is 6.99. The number of methoxy groups -OCH3 is 1. The number of hydrogen-bond donors (Lipinski definition) is 0. The zero-order valence-corrected chi connectivity index (χ0v) is 14.9. The first kappa shape index (κ1) is 16.9. The molecule has 3 rings (SSSR count). The van der Waals surface area contributed by atoms with Crippen molar-refractivity contribution in [3.63, 3.8) is 0 Å². The van der Waals surface area contributed by atoms with Gasteiger partial charge in [0.05, 0.1) is 13.7 Å². The average Bonchev–Trinajstić information content (AvgIpc) is 3.31. The van der Waals surface area contributed by atoms with E-state index in [9.17, 15) is 4.79 Å². The molecule has 0 amide bonds. The molecule has 24 heavy (non-hydrogen) atoms. The Morgan fingerprint density at radius 1 is 1.54 bits per heavy atom. The highest BCUT2D eigenvalue weighted by Gasteiger charge is 2.31. The highest BCUT2D eigenvalue weighted by atomic mass is 35.5. The Bertz CT molecular complexity index is 745. The molecule has 7 heteroatoms. The number of hydrogen-bond acceptors (Lipinski definition) is 6. The van der Waals surface area contributed by atoms with Crippen molar-refractivity contribution in [2.45, 2.75) is 25.3 Å². The lowest BCUT2D eigenvalue weighted by molar-refractivity contribution is 0.0593. The van der Waals surface area contributed by atoms with E-state index in [1.54, 1.807) is 17.4 Å². The number of halogens is 1. The first-order chi connectivity index (χ1) is 11.6. The number of carbonyl (C=O) groups is 1. The van der Waals surface area contributed by atoms with E-state index >= 15 is 0 Å². The van der Waals surface area contributed by atoms with Crippen LogP contribution < -0.4 is 4.90 Å². The topological polar surface area (TPSA) is 55.3 Å². The fourth-order valence-electron chi connectivity index (χ4n) is 2.39. The van der Waals surface area contributed by atoms with Crippen molar-refractivity contribution in [2.75, 3.05) is 18.6 Å². The van der Waals surface area contributed by atoms with Crippen LogP contribution in [0.4, 0.5) is 5.82 Å². The van der Waals surface area contributed by atoms with Gasteiger partial charge >= 0.3 is 5.97 Å². The molecule has 0 unspecified atom stereocenters. The van der Waals surface area contributed by atoms with E-state index in [4.69, 9.17) is 16.3 Å². The molecule has 0 N–H and O–H groups in total. The maximum atomic E-state index is 12.0. The van der Waals surface area contributed by atoms with Crippen molar-refractivity contribution in [2.24, 2.45) is 0 Å². The number of rotatable bonds is 7. The molecule has 0 bridgehead atoms. The summed E-state index contributed by atoms with van der Waals surface area (Å²) in [7, 11) is 1.32. The molecule has 0 aliphatic heterocycles. The predicted octanol–water partition coefficient (Wildman–Crippen LogP) is 4.05. The number of anilines is 1. The van der Waals surface area contributed by atoms with E-state index in [-0.39, 0.29) is 10.7 Å². The van der Waals surface area contributed by atoms with E-state index in [1.807, 2.05) is 16.3 Å². The van der Waals surface area contributed by atoms with Gasteiger partial charge in [0.2, 0.25) is 0 Å². The van der Waals surface area contributed by atoms with Crippen LogP contribution in [0.15, 0.2) is 30.2 Å². The predicted molar refractivity (Wildman–Crippen MR) is 95.9 cm³/mol. The van der Waals surface area contributed by atoms with Gasteiger partial charge in [0, 0.05) is 17.3 Å². The van der Waals surface area contributed by atoms with Gasteiger partial charge in [-0.3, -0.25) is 0 Å². The van der Waals surface area contributed by atoms with Crippen LogP contribution in [0.5, 0.6) is 0 Å². The third-order valence-corrected chi connectivity index (χ3v) is 4.96. The molecule has 0 aromatic carbocycles. The van der Waals surface area contributed by atoms with E-state index in [1.165, 1.54) is 12.0 Å². The Labute approximate surface area is 149 Å². The molecule has 1 aliphatic carbocycles. The molecule has 0 saturated heterocycles. The summed E-state index contributed by atoms with van der Waals surface area (Å²) in [6.07, 6.45) is 3.86. The molecule has 2 heterocycles. The minimum absolute atomic E-state index is 0.131. The lowest BCUT2D eigenvalue weighted by Crippen LogP contribution is -2.25. The first-order valence-corrected chi connectivity index (χ1v) is 8.93. The lowest BCUT2D eigenvalue weighted by atomic mass is 10.3. The number of aromatic nitrogens is 2. The van der Waals surface area contributed by atoms with Crippen LogP contribution in [0, 0.1) is 0 Å². The van der Waals surface area contributed by atoms with Gasteiger partial charge in [0.1, 0.15) is 10.8 Å². The van der Waals surface area contributed by atoms with Crippen LogP contribution in [-0.4, -0.2) is 29.6 Å². The minimum atomic E-state index is -0.541. The number of ether oxygens (including phenoxy) is 1. The molecule has 5 nitrogen and oxygen atoms in total. The van der Waals surface area contributed by atoms with Gasteiger partial charge in [-0.2, -0.15) is 0 Å². The van der Waals surface area contributed by atoms with E-state index < -0.39 is 5.97 Å². The van der Waals surface area contributed by atoms with Gasteiger partial charge < -0.3 is 9.64 Å². The number of carbonyl (C=O) groups excluding carboxylic acids is 1. The molecule has 2 aromatic rings. The van der Waals surface area contributed by atoms with Crippen molar-refractivity contribution in [3.8, 4) is 0 Å². The number of thiophene rings is 1. The Morgan fingerprint density at radius 2 is 2.33 bits per heavy atom. The van der Waals surface area contributed by atoms with E-state index in [0.717, 1.165) is 12.8 Å². The maximum Gasteiger partial charge on any atom is 0.358 e. The zero-order chi connectivity index (χ0) is 17.1. The van der Waals surface area contributed by atoms with Crippen LogP contribution in [0.25, 0.3) is 0 Å². The summed E-state index contributed by atoms with van der Waals surface area (Å²) in [5.41, 5.74) is 0.131. The second kappa shape index (κ2) is 7.32. The van der Waals surface area contributed by atoms with E-state index in [0.29, 0.717) is 30.6 Å². The molecule has 2 aromatic heterocycles. The van der Waals surface area contributed by atoms with Gasteiger partial charge in [-0.1, -0.05) is 23.7 Å². The molecule has 1 fully saturated rings. The van der Waals surface area contributed by atoms with E-state index in [2.05, 4.69) is 22.6 Å². The van der Waals surface area contributed by atoms with Crippen molar-refractivity contribution in [1.82, 2.24) is 9.97 Å². The number of esters is 1. The Kier molecular flexibility index (Phi) is 5.16. The summed E-state index contributed by atoms with van der Waals surface area (Å²) in [5, 5.41) is 2.25. The summed E-state index contributed by atoms with van der Waals surface area (Å²) in [6.45, 7) is 5.02. The summed E-state index contributed by atoms with van der Waals surface area (Å²) < 4.78 is 4.82. The van der Waals surface area contributed by atoms with Gasteiger partial charge in [-0.05, 0) is 24.3 Å². The Morgan fingerprint density at radius 3 is 2.92 bits per heavy atom. The highest BCUT2D eigenvalue weighted by molar-refractivity contribution is 7.09. The smallest absolute Gasteiger partial charge is 0.358 e. The van der Waals surface area contributed by atoms with Crippen LogP contribution in [0.2, 0.25) is 5.02 Å². The van der Waals surface area contributed by atoms with Gasteiger partial charge in [-0.15, -0.1) is 17.9 Å². The molecular formula is C17H18ClN3O2S. The van der Waals surface area contributed by atoms with Crippen molar-refractivity contribution >= 4 is 34.7 Å². The Balaban J connectivity index is 2.03.